The van der Waals surface area contributed by atoms with E-state index in [-0.39, 0.29) is 17.8 Å². The van der Waals surface area contributed by atoms with Crippen LogP contribution in [0.4, 0.5) is 10.2 Å². The minimum absolute atomic E-state index is 0.186. The molecular formula is C18H21FN4O2. The molecule has 2 aromatic rings. The van der Waals surface area contributed by atoms with Crippen molar-refractivity contribution in [2.24, 2.45) is 0 Å². The molecule has 25 heavy (non-hydrogen) atoms. The van der Waals surface area contributed by atoms with Gasteiger partial charge in [-0.25, -0.2) is 14.4 Å². The molecule has 0 aliphatic carbocycles. The monoisotopic (exact) mass is 344 g/mol. The van der Waals surface area contributed by atoms with Gasteiger partial charge in [-0.05, 0) is 37.5 Å². The van der Waals surface area contributed by atoms with E-state index in [1.54, 1.807) is 25.1 Å². The Morgan fingerprint density at radius 3 is 2.84 bits per heavy atom. The highest BCUT2D eigenvalue weighted by molar-refractivity contribution is 5.92. The summed E-state index contributed by atoms with van der Waals surface area (Å²) in [4.78, 5) is 20.8. The lowest BCUT2D eigenvalue weighted by molar-refractivity contribution is 0.0945. The summed E-state index contributed by atoms with van der Waals surface area (Å²) in [6, 6.07) is 7.62. The number of rotatable bonds is 6. The van der Waals surface area contributed by atoms with Crippen LogP contribution in [0.1, 0.15) is 34.7 Å². The first-order valence-electron chi connectivity index (χ1n) is 8.34. The summed E-state index contributed by atoms with van der Waals surface area (Å²) in [6.07, 6.45) is 2.29. The number of anilines is 1. The number of benzene rings is 1. The average molecular weight is 344 g/mol. The number of halogens is 1. The predicted molar refractivity (Wildman–Crippen MR) is 91.8 cm³/mol. The molecule has 1 aromatic heterocycles. The van der Waals surface area contributed by atoms with Crippen LogP contribution in [0.25, 0.3) is 0 Å². The topological polar surface area (TPSA) is 76.1 Å². The summed E-state index contributed by atoms with van der Waals surface area (Å²) in [5.41, 5.74) is 1.11. The van der Waals surface area contributed by atoms with Crippen LogP contribution in [0.5, 0.6) is 0 Å². The van der Waals surface area contributed by atoms with E-state index in [1.807, 2.05) is 0 Å². The Labute approximate surface area is 145 Å². The molecule has 0 spiro atoms. The third-order valence-electron chi connectivity index (χ3n) is 3.97. The molecule has 1 aliphatic heterocycles. The second-order valence-electron chi connectivity index (χ2n) is 6.01. The molecule has 1 aliphatic rings. The summed E-state index contributed by atoms with van der Waals surface area (Å²) in [5.74, 6) is 0.526. The molecule has 0 radical (unpaired) electrons. The first kappa shape index (κ1) is 17.3. The first-order valence-corrected chi connectivity index (χ1v) is 8.34. The van der Waals surface area contributed by atoms with Gasteiger partial charge in [0.05, 0.1) is 6.10 Å². The number of aromatic nitrogens is 2. The van der Waals surface area contributed by atoms with Gasteiger partial charge in [0.25, 0.3) is 5.91 Å². The molecule has 0 saturated carbocycles. The Bertz CT molecular complexity index is 730. The molecule has 7 heteroatoms. The third kappa shape index (κ3) is 4.96. The zero-order valence-corrected chi connectivity index (χ0v) is 14.1. The van der Waals surface area contributed by atoms with Crippen LogP contribution in [-0.4, -0.2) is 35.1 Å². The molecule has 1 saturated heterocycles. The van der Waals surface area contributed by atoms with Crippen LogP contribution in [0, 0.1) is 12.7 Å². The lowest BCUT2D eigenvalue weighted by Gasteiger charge is -2.12. The van der Waals surface area contributed by atoms with Crippen molar-refractivity contribution in [3.63, 3.8) is 0 Å². The number of nitrogens with zero attached hydrogens (tertiary/aromatic N) is 2. The van der Waals surface area contributed by atoms with Crippen molar-refractivity contribution >= 4 is 11.7 Å². The quantitative estimate of drug-likeness (QED) is 0.842. The number of nitrogens with one attached hydrogen (secondary N) is 2. The Balaban J connectivity index is 1.60. The molecule has 1 fully saturated rings. The van der Waals surface area contributed by atoms with Crippen molar-refractivity contribution in [2.45, 2.75) is 32.4 Å². The summed E-state index contributed by atoms with van der Waals surface area (Å²) in [6.45, 7) is 3.51. The molecule has 132 valence electrons. The molecule has 1 amide bonds. The number of hydrogen-bond donors (Lipinski definition) is 2. The summed E-state index contributed by atoms with van der Waals surface area (Å²) in [7, 11) is 0. The molecular weight excluding hydrogens is 323 g/mol. The molecule has 6 nitrogen and oxygen atoms in total. The first-order chi connectivity index (χ1) is 12.1. The maximum Gasteiger partial charge on any atom is 0.270 e. The van der Waals surface area contributed by atoms with Gasteiger partial charge in [0.15, 0.2) is 0 Å². The molecule has 2 heterocycles. The standard InChI is InChI=1S/C18H21FN4O2/c1-12-22-16(9-17(23-12)20-11-15-3-2-8-25-15)18(24)21-10-13-4-6-14(19)7-5-13/h4-7,9,15H,2-3,8,10-11H2,1H3,(H,21,24)(H,20,22,23). The van der Waals surface area contributed by atoms with E-state index >= 15 is 0 Å². The number of carbonyl (C=O) groups is 1. The Kier molecular flexibility index (Phi) is 5.55. The van der Waals surface area contributed by atoms with Gasteiger partial charge in [0.1, 0.15) is 23.2 Å². The fraction of sp³-hybridized carbons (Fsp3) is 0.389. The Morgan fingerprint density at radius 1 is 1.32 bits per heavy atom. The fourth-order valence-electron chi connectivity index (χ4n) is 2.67. The van der Waals surface area contributed by atoms with E-state index < -0.39 is 0 Å². The highest BCUT2D eigenvalue weighted by Gasteiger charge is 2.16. The van der Waals surface area contributed by atoms with Crippen LogP contribution in [0.3, 0.4) is 0 Å². The van der Waals surface area contributed by atoms with Gasteiger partial charge in [-0.1, -0.05) is 12.1 Å². The van der Waals surface area contributed by atoms with Crippen LogP contribution < -0.4 is 10.6 Å². The average Bonchev–Trinajstić information content (AvgIpc) is 3.12. The predicted octanol–water partition coefficient (Wildman–Crippen LogP) is 2.45. The molecule has 1 atom stereocenters. The SMILES string of the molecule is Cc1nc(NCC2CCCO2)cc(C(=O)NCc2ccc(F)cc2)n1. The van der Waals surface area contributed by atoms with Crippen molar-refractivity contribution in [1.29, 1.82) is 0 Å². The minimum Gasteiger partial charge on any atom is -0.376 e. The molecule has 3 rings (SSSR count). The summed E-state index contributed by atoms with van der Waals surface area (Å²) < 4.78 is 18.5. The number of hydrogen-bond acceptors (Lipinski definition) is 5. The molecule has 0 bridgehead atoms. The van der Waals surface area contributed by atoms with Gasteiger partial charge < -0.3 is 15.4 Å². The van der Waals surface area contributed by atoms with Crippen LogP contribution in [-0.2, 0) is 11.3 Å². The van der Waals surface area contributed by atoms with Gasteiger partial charge in [-0.15, -0.1) is 0 Å². The number of aryl methyl sites for hydroxylation is 1. The van der Waals surface area contributed by atoms with E-state index in [9.17, 15) is 9.18 Å². The highest BCUT2D eigenvalue weighted by atomic mass is 19.1. The normalized spacial score (nSPS) is 16.6. The second kappa shape index (κ2) is 8.02. The van der Waals surface area contributed by atoms with Crippen LogP contribution >= 0.6 is 0 Å². The lowest BCUT2D eigenvalue weighted by atomic mass is 10.2. The van der Waals surface area contributed by atoms with E-state index in [4.69, 9.17) is 4.74 Å². The lowest BCUT2D eigenvalue weighted by Crippen LogP contribution is -2.25. The van der Waals surface area contributed by atoms with Crippen molar-refractivity contribution in [1.82, 2.24) is 15.3 Å². The van der Waals surface area contributed by atoms with Gasteiger partial charge in [0, 0.05) is 25.8 Å². The number of carbonyl (C=O) groups excluding carboxylic acids is 1. The Hall–Kier alpha value is -2.54. The van der Waals surface area contributed by atoms with Gasteiger partial charge in [-0.2, -0.15) is 0 Å². The minimum atomic E-state index is -0.302. The van der Waals surface area contributed by atoms with Crippen molar-refractivity contribution < 1.29 is 13.9 Å². The van der Waals surface area contributed by atoms with Crippen LogP contribution in [0.2, 0.25) is 0 Å². The number of ether oxygens (including phenoxy) is 1. The number of amides is 1. The third-order valence-corrected chi connectivity index (χ3v) is 3.97. The van der Waals surface area contributed by atoms with E-state index in [1.165, 1.54) is 12.1 Å². The van der Waals surface area contributed by atoms with Gasteiger partial charge in [0.2, 0.25) is 0 Å². The maximum absolute atomic E-state index is 12.9. The maximum atomic E-state index is 12.9. The smallest absolute Gasteiger partial charge is 0.270 e. The second-order valence-corrected chi connectivity index (χ2v) is 6.01. The van der Waals surface area contributed by atoms with E-state index in [0.717, 1.165) is 25.0 Å². The van der Waals surface area contributed by atoms with Gasteiger partial charge >= 0.3 is 0 Å². The summed E-state index contributed by atoms with van der Waals surface area (Å²) in [5, 5.41) is 5.99. The Morgan fingerprint density at radius 2 is 2.12 bits per heavy atom. The van der Waals surface area contributed by atoms with Crippen LogP contribution in [0.15, 0.2) is 30.3 Å². The summed E-state index contributed by atoms with van der Waals surface area (Å²) >= 11 is 0. The van der Waals surface area contributed by atoms with E-state index in [0.29, 0.717) is 30.4 Å². The molecule has 1 aromatic carbocycles. The zero-order chi connectivity index (χ0) is 17.6. The van der Waals surface area contributed by atoms with E-state index in [2.05, 4.69) is 20.6 Å². The molecule has 1 unspecified atom stereocenters. The zero-order valence-electron chi connectivity index (χ0n) is 14.1. The van der Waals surface area contributed by atoms with Gasteiger partial charge in [-0.3, -0.25) is 4.79 Å². The largest absolute Gasteiger partial charge is 0.376 e. The fourth-order valence-corrected chi connectivity index (χ4v) is 2.67. The van der Waals surface area contributed by atoms with Crippen molar-refractivity contribution in [2.75, 3.05) is 18.5 Å². The highest BCUT2D eigenvalue weighted by Crippen LogP contribution is 2.14. The van der Waals surface area contributed by atoms with Crippen molar-refractivity contribution in [3.8, 4) is 0 Å². The molecule has 2 N–H and O–H groups in total. The van der Waals surface area contributed by atoms with Crippen molar-refractivity contribution in [3.05, 3.63) is 53.2 Å².